The average molecular weight is 223 g/mol. The Morgan fingerprint density at radius 3 is 2.62 bits per heavy atom. The minimum absolute atomic E-state index is 0.111. The molecule has 1 atom stereocenters. The van der Waals surface area contributed by atoms with Crippen molar-refractivity contribution in [3.05, 3.63) is 11.8 Å². The summed E-state index contributed by atoms with van der Waals surface area (Å²) in [4.78, 5) is 21.9. The molecule has 3 N–H and O–H groups in total. The van der Waals surface area contributed by atoms with Gasteiger partial charge in [-0.25, -0.2) is 0 Å². The number of amides is 1. The van der Waals surface area contributed by atoms with Crippen molar-refractivity contribution in [2.45, 2.75) is 31.8 Å². The third-order valence-corrected chi connectivity index (χ3v) is 2.12. The predicted octanol–water partition coefficient (Wildman–Crippen LogP) is -0.265. The van der Waals surface area contributed by atoms with Gasteiger partial charge in [-0.3, -0.25) is 9.59 Å². The number of carboxylic acids is 1. The molecule has 0 aromatic rings. The number of nitrogens with one attached hydrogen (secondary N) is 2. The Labute approximate surface area is 92.9 Å². The van der Waals surface area contributed by atoms with Gasteiger partial charge in [0.1, 0.15) is 17.7 Å². The average Bonchev–Trinajstić information content (AvgIpc) is 3.02. The maximum Gasteiger partial charge on any atom is 0.325 e. The standard InChI is InChI=1S/C10H13N3O3/c1-6(10(15)16)13-9(14)7(4-11)5-12-8-2-3-8/h5-6,8,12H,2-3H2,1H3,(H,13,14)(H,15,16)/b7-5-. The first-order chi connectivity index (χ1) is 7.54. The Balaban J connectivity index is 2.51. The largest absolute Gasteiger partial charge is 0.480 e. The second-order valence-electron chi connectivity index (χ2n) is 3.64. The zero-order valence-corrected chi connectivity index (χ0v) is 8.86. The normalized spacial score (nSPS) is 17.1. The second-order valence-corrected chi connectivity index (χ2v) is 3.64. The van der Waals surface area contributed by atoms with Crippen molar-refractivity contribution in [3.8, 4) is 6.07 Å². The van der Waals surface area contributed by atoms with Crippen molar-refractivity contribution >= 4 is 11.9 Å². The minimum atomic E-state index is -1.14. The molecule has 0 aromatic heterocycles. The van der Waals surface area contributed by atoms with E-state index in [1.807, 2.05) is 0 Å². The number of hydrogen-bond acceptors (Lipinski definition) is 4. The summed E-state index contributed by atoms with van der Waals surface area (Å²) >= 11 is 0. The number of nitrogens with zero attached hydrogens (tertiary/aromatic N) is 1. The lowest BCUT2D eigenvalue weighted by atomic mass is 10.2. The molecule has 0 bridgehead atoms. The quantitative estimate of drug-likeness (QED) is 0.440. The van der Waals surface area contributed by atoms with Gasteiger partial charge in [-0.15, -0.1) is 0 Å². The Morgan fingerprint density at radius 2 is 2.19 bits per heavy atom. The van der Waals surface area contributed by atoms with Crippen molar-refractivity contribution in [2.75, 3.05) is 0 Å². The van der Waals surface area contributed by atoms with Crippen LogP contribution in [0.1, 0.15) is 19.8 Å². The molecule has 0 radical (unpaired) electrons. The lowest BCUT2D eigenvalue weighted by molar-refractivity contribution is -0.140. The van der Waals surface area contributed by atoms with Gasteiger partial charge in [0.15, 0.2) is 0 Å². The molecule has 6 nitrogen and oxygen atoms in total. The first kappa shape index (κ1) is 12.0. The topological polar surface area (TPSA) is 102 Å². The molecular formula is C10H13N3O3. The van der Waals surface area contributed by atoms with Crippen LogP contribution in [0, 0.1) is 11.3 Å². The van der Waals surface area contributed by atoms with Crippen molar-refractivity contribution < 1.29 is 14.7 Å². The van der Waals surface area contributed by atoms with E-state index in [2.05, 4.69) is 10.6 Å². The van der Waals surface area contributed by atoms with Crippen molar-refractivity contribution in [3.63, 3.8) is 0 Å². The number of carbonyl (C=O) groups excluding carboxylic acids is 1. The van der Waals surface area contributed by atoms with Crippen molar-refractivity contribution in [1.29, 1.82) is 5.26 Å². The van der Waals surface area contributed by atoms with E-state index in [-0.39, 0.29) is 5.57 Å². The van der Waals surface area contributed by atoms with Gasteiger partial charge >= 0.3 is 5.97 Å². The van der Waals surface area contributed by atoms with Crippen LogP contribution in [0.3, 0.4) is 0 Å². The molecule has 0 heterocycles. The van der Waals surface area contributed by atoms with E-state index in [1.54, 1.807) is 6.07 Å². The number of hydrogen-bond donors (Lipinski definition) is 3. The van der Waals surface area contributed by atoms with Crippen LogP contribution in [0.25, 0.3) is 0 Å². The molecular weight excluding hydrogens is 210 g/mol. The number of rotatable bonds is 5. The van der Waals surface area contributed by atoms with Crippen LogP contribution in [-0.4, -0.2) is 29.1 Å². The molecule has 1 rings (SSSR count). The van der Waals surface area contributed by atoms with E-state index in [9.17, 15) is 9.59 Å². The van der Waals surface area contributed by atoms with Gasteiger partial charge < -0.3 is 15.7 Å². The molecule has 0 saturated heterocycles. The highest BCUT2D eigenvalue weighted by Crippen LogP contribution is 2.18. The van der Waals surface area contributed by atoms with E-state index < -0.39 is 17.9 Å². The molecule has 1 fully saturated rings. The molecule has 6 heteroatoms. The zero-order chi connectivity index (χ0) is 12.1. The monoisotopic (exact) mass is 223 g/mol. The Bertz CT molecular complexity index is 366. The van der Waals surface area contributed by atoms with Gasteiger partial charge in [-0.05, 0) is 19.8 Å². The molecule has 1 saturated carbocycles. The summed E-state index contributed by atoms with van der Waals surface area (Å²) in [5.74, 6) is -1.81. The van der Waals surface area contributed by atoms with E-state index in [0.717, 1.165) is 12.8 Å². The summed E-state index contributed by atoms with van der Waals surface area (Å²) < 4.78 is 0. The fourth-order valence-electron chi connectivity index (χ4n) is 0.936. The molecule has 0 aromatic carbocycles. The van der Waals surface area contributed by atoms with E-state index in [0.29, 0.717) is 6.04 Å². The lowest BCUT2D eigenvalue weighted by Gasteiger charge is -2.08. The van der Waals surface area contributed by atoms with Gasteiger partial charge in [-0.2, -0.15) is 5.26 Å². The van der Waals surface area contributed by atoms with Gasteiger partial charge in [-0.1, -0.05) is 0 Å². The van der Waals surface area contributed by atoms with Crippen LogP contribution in [0.5, 0.6) is 0 Å². The van der Waals surface area contributed by atoms with Crippen LogP contribution >= 0.6 is 0 Å². The number of carbonyl (C=O) groups is 2. The van der Waals surface area contributed by atoms with Crippen LogP contribution in [0.2, 0.25) is 0 Å². The Hall–Kier alpha value is -2.03. The SMILES string of the molecule is CC(NC(=O)/C(C#N)=C\NC1CC1)C(=O)O. The number of aliphatic carboxylic acids is 1. The number of nitriles is 1. The van der Waals surface area contributed by atoms with E-state index in [1.165, 1.54) is 13.1 Å². The minimum Gasteiger partial charge on any atom is -0.480 e. The molecule has 86 valence electrons. The van der Waals surface area contributed by atoms with Crippen LogP contribution in [0.15, 0.2) is 11.8 Å². The zero-order valence-electron chi connectivity index (χ0n) is 8.86. The fraction of sp³-hybridized carbons (Fsp3) is 0.500. The molecule has 1 aliphatic carbocycles. The predicted molar refractivity (Wildman–Crippen MR) is 55.1 cm³/mol. The Morgan fingerprint density at radius 1 is 1.56 bits per heavy atom. The summed E-state index contributed by atoms with van der Waals surface area (Å²) in [6.07, 6.45) is 3.40. The molecule has 0 spiro atoms. The third kappa shape index (κ3) is 3.61. The summed E-state index contributed by atoms with van der Waals surface area (Å²) in [5, 5.41) is 22.4. The molecule has 16 heavy (non-hydrogen) atoms. The number of carboxylic acid groups (broad SMARTS) is 1. The summed E-state index contributed by atoms with van der Waals surface area (Å²) in [6, 6.07) is 1.05. The molecule has 1 amide bonds. The Kier molecular flexibility index (Phi) is 3.89. The maximum atomic E-state index is 11.4. The summed E-state index contributed by atoms with van der Waals surface area (Å²) in [6.45, 7) is 1.34. The van der Waals surface area contributed by atoms with Gasteiger partial charge in [0.2, 0.25) is 0 Å². The first-order valence-electron chi connectivity index (χ1n) is 4.94. The fourth-order valence-corrected chi connectivity index (χ4v) is 0.936. The van der Waals surface area contributed by atoms with Gasteiger partial charge in [0, 0.05) is 12.2 Å². The van der Waals surface area contributed by atoms with Crippen LogP contribution in [-0.2, 0) is 9.59 Å². The van der Waals surface area contributed by atoms with Crippen molar-refractivity contribution in [2.24, 2.45) is 0 Å². The smallest absolute Gasteiger partial charge is 0.325 e. The van der Waals surface area contributed by atoms with E-state index >= 15 is 0 Å². The highest BCUT2D eigenvalue weighted by Gasteiger charge is 2.21. The first-order valence-corrected chi connectivity index (χ1v) is 4.94. The van der Waals surface area contributed by atoms with Crippen LogP contribution < -0.4 is 10.6 Å². The summed E-state index contributed by atoms with van der Waals surface area (Å²) in [5.41, 5.74) is -0.111. The second kappa shape index (κ2) is 5.16. The van der Waals surface area contributed by atoms with Crippen molar-refractivity contribution in [1.82, 2.24) is 10.6 Å². The van der Waals surface area contributed by atoms with Gasteiger partial charge in [0.25, 0.3) is 5.91 Å². The molecule has 0 aliphatic heterocycles. The lowest BCUT2D eigenvalue weighted by Crippen LogP contribution is -2.39. The van der Waals surface area contributed by atoms with Crippen LogP contribution in [0.4, 0.5) is 0 Å². The van der Waals surface area contributed by atoms with Gasteiger partial charge in [0.05, 0.1) is 0 Å². The molecule has 1 unspecified atom stereocenters. The highest BCUT2D eigenvalue weighted by atomic mass is 16.4. The molecule has 1 aliphatic rings. The highest BCUT2D eigenvalue weighted by molar-refractivity contribution is 5.99. The third-order valence-electron chi connectivity index (χ3n) is 2.12. The maximum absolute atomic E-state index is 11.4. The summed E-state index contributed by atoms with van der Waals surface area (Å²) in [7, 11) is 0. The van der Waals surface area contributed by atoms with E-state index in [4.69, 9.17) is 10.4 Å².